The minimum absolute atomic E-state index is 0.383. The molecule has 4 aliphatic carbocycles. The smallest absolute Gasteiger partial charge is 0.226 e. The molecule has 0 radical (unpaired) electrons. The summed E-state index contributed by atoms with van der Waals surface area (Å²) in [6.45, 7) is 5.06. The summed E-state index contributed by atoms with van der Waals surface area (Å²) in [6, 6.07) is 0.481. The van der Waals surface area contributed by atoms with Crippen LogP contribution in [0.2, 0.25) is 0 Å². The van der Waals surface area contributed by atoms with Gasteiger partial charge in [0.25, 0.3) is 0 Å². The standard InChI is InChI=1S/C16H26N2O/c1-2-18(14-8-17-9-14)16(19)15-12-4-10-3-11(6-12)7-13(15)5-10/h10-15,17H,2-9H2,1H3. The van der Waals surface area contributed by atoms with Gasteiger partial charge in [0.15, 0.2) is 0 Å². The maximum absolute atomic E-state index is 13.0. The molecule has 1 heterocycles. The lowest BCUT2D eigenvalue weighted by Gasteiger charge is -2.55. The summed E-state index contributed by atoms with van der Waals surface area (Å²) >= 11 is 0. The van der Waals surface area contributed by atoms with E-state index in [1.807, 2.05) is 0 Å². The Morgan fingerprint density at radius 2 is 1.63 bits per heavy atom. The first-order chi connectivity index (χ1) is 9.26. The van der Waals surface area contributed by atoms with Crippen LogP contribution in [-0.4, -0.2) is 36.5 Å². The van der Waals surface area contributed by atoms with E-state index in [0.29, 0.717) is 17.9 Å². The van der Waals surface area contributed by atoms with Crippen LogP contribution in [0.4, 0.5) is 0 Å². The molecule has 5 fully saturated rings. The van der Waals surface area contributed by atoms with Crippen LogP contribution >= 0.6 is 0 Å². The SMILES string of the molecule is CCN(C(=O)C1C2CC3CC(C2)CC1C3)C1CNC1. The fourth-order valence-electron chi connectivity index (χ4n) is 5.61. The molecule has 1 aliphatic heterocycles. The second-order valence-corrected chi connectivity index (χ2v) is 7.39. The normalized spacial score (nSPS) is 44.2. The van der Waals surface area contributed by atoms with Gasteiger partial charge in [0.05, 0.1) is 6.04 Å². The monoisotopic (exact) mass is 262 g/mol. The molecular formula is C16H26N2O. The molecule has 0 spiro atoms. The third-order valence-corrected chi connectivity index (χ3v) is 6.34. The van der Waals surface area contributed by atoms with Gasteiger partial charge in [-0.25, -0.2) is 0 Å². The summed E-state index contributed by atoms with van der Waals surface area (Å²) in [5, 5.41) is 3.30. The van der Waals surface area contributed by atoms with Crippen LogP contribution in [0, 0.1) is 29.6 Å². The van der Waals surface area contributed by atoms with Crippen molar-refractivity contribution in [3.63, 3.8) is 0 Å². The number of hydrogen-bond donors (Lipinski definition) is 1. The Kier molecular flexibility index (Phi) is 2.87. The van der Waals surface area contributed by atoms with Gasteiger partial charge in [0, 0.05) is 25.6 Å². The third-order valence-electron chi connectivity index (χ3n) is 6.34. The quantitative estimate of drug-likeness (QED) is 0.842. The fourth-order valence-corrected chi connectivity index (χ4v) is 5.61. The van der Waals surface area contributed by atoms with E-state index in [0.717, 1.165) is 43.3 Å². The van der Waals surface area contributed by atoms with Gasteiger partial charge in [-0.1, -0.05) is 0 Å². The Labute approximate surface area is 116 Å². The largest absolute Gasteiger partial charge is 0.337 e. The van der Waals surface area contributed by atoms with E-state index in [-0.39, 0.29) is 0 Å². The molecule has 19 heavy (non-hydrogen) atoms. The van der Waals surface area contributed by atoms with Crippen molar-refractivity contribution in [1.29, 1.82) is 0 Å². The van der Waals surface area contributed by atoms with E-state index in [4.69, 9.17) is 0 Å². The maximum atomic E-state index is 13.0. The van der Waals surface area contributed by atoms with Crippen LogP contribution in [-0.2, 0) is 4.79 Å². The summed E-state index contributed by atoms with van der Waals surface area (Å²) < 4.78 is 0. The van der Waals surface area contributed by atoms with E-state index in [9.17, 15) is 4.79 Å². The molecule has 0 aromatic rings. The van der Waals surface area contributed by atoms with E-state index in [2.05, 4.69) is 17.1 Å². The predicted octanol–water partition coefficient (Wildman–Crippen LogP) is 1.88. The highest BCUT2D eigenvalue weighted by Gasteiger charge is 2.52. The summed E-state index contributed by atoms with van der Waals surface area (Å²) in [7, 11) is 0. The molecule has 1 N–H and O–H groups in total. The van der Waals surface area contributed by atoms with Crippen LogP contribution in [0.25, 0.3) is 0 Å². The predicted molar refractivity (Wildman–Crippen MR) is 74.6 cm³/mol. The molecule has 5 rings (SSSR count). The number of carbonyl (C=O) groups is 1. The topological polar surface area (TPSA) is 32.3 Å². The highest BCUT2D eigenvalue weighted by atomic mass is 16.2. The van der Waals surface area contributed by atoms with E-state index < -0.39 is 0 Å². The first-order valence-corrected chi connectivity index (χ1v) is 8.27. The van der Waals surface area contributed by atoms with Crippen LogP contribution in [0.3, 0.4) is 0 Å². The van der Waals surface area contributed by atoms with Gasteiger partial charge in [-0.2, -0.15) is 0 Å². The lowest BCUT2D eigenvalue weighted by molar-refractivity contribution is -0.152. The number of hydrogen-bond acceptors (Lipinski definition) is 2. The van der Waals surface area contributed by atoms with E-state index >= 15 is 0 Å². The van der Waals surface area contributed by atoms with Gasteiger partial charge in [-0.15, -0.1) is 0 Å². The van der Waals surface area contributed by atoms with E-state index in [1.54, 1.807) is 0 Å². The number of amides is 1. The van der Waals surface area contributed by atoms with Gasteiger partial charge >= 0.3 is 0 Å². The molecular weight excluding hydrogens is 236 g/mol. The van der Waals surface area contributed by atoms with Crippen LogP contribution in [0.5, 0.6) is 0 Å². The Morgan fingerprint density at radius 1 is 1.05 bits per heavy atom. The first kappa shape index (κ1) is 12.2. The molecule has 4 saturated carbocycles. The summed E-state index contributed by atoms with van der Waals surface area (Å²) in [5.41, 5.74) is 0. The number of likely N-dealkylation sites (N-methyl/N-ethyl adjacent to an activating group) is 1. The number of rotatable bonds is 3. The molecule has 1 amide bonds. The fraction of sp³-hybridized carbons (Fsp3) is 0.938. The Morgan fingerprint density at radius 3 is 2.05 bits per heavy atom. The molecule has 3 heteroatoms. The molecule has 0 aromatic heterocycles. The average molecular weight is 262 g/mol. The van der Waals surface area contributed by atoms with Crippen molar-refractivity contribution < 1.29 is 4.79 Å². The van der Waals surface area contributed by atoms with Crippen molar-refractivity contribution in [2.75, 3.05) is 19.6 Å². The van der Waals surface area contributed by atoms with Crippen molar-refractivity contribution in [2.45, 2.75) is 45.1 Å². The molecule has 4 bridgehead atoms. The average Bonchev–Trinajstić information content (AvgIpc) is 2.31. The van der Waals surface area contributed by atoms with Gasteiger partial charge in [-0.3, -0.25) is 4.79 Å². The van der Waals surface area contributed by atoms with Crippen molar-refractivity contribution in [3.05, 3.63) is 0 Å². The number of nitrogens with zero attached hydrogens (tertiary/aromatic N) is 1. The zero-order valence-corrected chi connectivity index (χ0v) is 12.0. The second kappa shape index (κ2) is 4.47. The Balaban J connectivity index is 1.53. The van der Waals surface area contributed by atoms with Crippen LogP contribution < -0.4 is 5.32 Å². The van der Waals surface area contributed by atoms with Crippen molar-refractivity contribution in [2.24, 2.45) is 29.6 Å². The zero-order chi connectivity index (χ0) is 13.0. The molecule has 1 saturated heterocycles. The lowest BCUT2D eigenvalue weighted by Crippen LogP contribution is -2.62. The minimum atomic E-state index is 0.383. The van der Waals surface area contributed by atoms with Crippen molar-refractivity contribution >= 4 is 5.91 Å². The van der Waals surface area contributed by atoms with Crippen molar-refractivity contribution in [3.8, 4) is 0 Å². The molecule has 3 nitrogen and oxygen atoms in total. The Hall–Kier alpha value is -0.570. The second-order valence-electron chi connectivity index (χ2n) is 7.39. The molecule has 0 atom stereocenters. The third kappa shape index (κ3) is 1.84. The minimum Gasteiger partial charge on any atom is -0.337 e. The summed E-state index contributed by atoms with van der Waals surface area (Å²) in [5.74, 6) is 4.27. The molecule has 0 aromatic carbocycles. The van der Waals surface area contributed by atoms with Gasteiger partial charge in [0.2, 0.25) is 5.91 Å². The van der Waals surface area contributed by atoms with Crippen molar-refractivity contribution in [1.82, 2.24) is 10.2 Å². The highest BCUT2D eigenvalue weighted by molar-refractivity contribution is 5.80. The van der Waals surface area contributed by atoms with E-state index in [1.165, 1.54) is 32.1 Å². The Bertz CT molecular complexity index is 349. The lowest BCUT2D eigenvalue weighted by atomic mass is 9.51. The van der Waals surface area contributed by atoms with Crippen LogP contribution in [0.1, 0.15) is 39.0 Å². The van der Waals surface area contributed by atoms with Gasteiger partial charge < -0.3 is 10.2 Å². The van der Waals surface area contributed by atoms with Gasteiger partial charge in [0.1, 0.15) is 0 Å². The molecule has 106 valence electrons. The first-order valence-electron chi connectivity index (χ1n) is 8.27. The van der Waals surface area contributed by atoms with Crippen LogP contribution in [0.15, 0.2) is 0 Å². The van der Waals surface area contributed by atoms with Gasteiger partial charge in [-0.05, 0) is 62.7 Å². The summed E-state index contributed by atoms with van der Waals surface area (Å²) in [4.78, 5) is 15.2. The number of nitrogens with one attached hydrogen (secondary N) is 1. The molecule has 5 aliphatic rings. The summed E-state index contributed by atoms with van der Waals surface area (Å²) in [6.07, 6.45) is 6.87. The number of carbonyl (C=O) groups excluding carboxylic acids is 1. The zero-order valence-electron chi connectivity index (χ0n) is 12.0. The maximum Gasteiger partial charge on any atom is 0.226 e. The highest BCUT2D eigenvalue weighted by Crippen LogP contribution is 2.56. The molecule has 0 unspecified atom stereocenters.